The number of hydrogen-bond donors (Lipinski definition) is 1. The second-order valence-corrected chi connectivity index (χ2v) is 6.64. The van der Waals surface area contributed by atoms with E-state index in [1.807, 2.05) is 49.4 Å². The Hall–Kier alpha value is -2.40. The van der Waals surface area contributed by atoms with Gasteiger partial charge in [-0.15, -0.1) is 0 Å². The van der Waals surface area contributed by atoms with E-state index in [4.69, 9.17) is 0 Å². The lowest BCUT2D eigenvalue weighted by Crippen LogP contribution is -2.37. The second kappa shape index (κ2) is 6.61. The number of benzene rings is 2. The molecule has 2 aromatic rings. The molecule has 0 saturated heterocycles. The Bertz CT molecular complexity index is 779. The zero-order valence-corrected chi connectivity index (χ0v) is 14.8. The van der Waals surface area contributed by atoms with Crippen LogP contribution in [0, 0.1) is 0 Å². The van der Waals surface area contributed by atoms with Crippen LogP contribution in [-0.2, 0) is 4.79 Å². The fourth-order valence-corrected chi connectivity index (χ4v) is 3.03. The van der Waals surface area contributed by atoms with Crippen LogP contribution < -0.4 is 5.32 Å². The summed E-state index contributed by atoms with van der Waals surface area (Å²) in [4.78, 5) is 26.2. The van der Waals surface area contributed by atoms with Gasteiger partial charge in [-0.2, -0.15) is 0 Å². The van der Waals surface area contributed by atoms with Gasteiger partial charge in [0.1, 0.15) is 6.54 Å². The maximum Gasteiger partial charge on any atom is 0.259 e. The van der Waals surface area contributed by atoms with Crippen molar-refractivity contribution in [3.05, 3.63) is 76.3 Å². The van der Waals surface area contributed by atoms with Gasteiger partial charge in [0, 0.05) is 21.3 Å². The minimum Gasteiger partial charge on any atom is -0.348 e. The van der Waals surface area contributed by atoms with Gasteiger partial charge >= 0.3 is 0 Å². The Kier molecular flexibility index (Phi) is 4.53. The summed E-state index contributed by atoms with van der Waals surface area (Å²) >= 11 is 3.39. The SMILES string of the molecule is C=C1c2ccccc2C(=O)N1CC(=O)N[C@@H](C)c1ccc(Br)cc1. The van der Waals surface area contributed by atoms with Crippen molar-refractivity contribution in [2.75, 3.05) is 6.54 Å². The Morgan fingerprint density at radius 1 is 1.17 bits per heavy atom. The summed E-state index contributed by atoms with van der Waals surface area (Å²) in [5.74, 6) is -0.394. The lowest BCUT2D eigenvalue weighted by molar-refractivity contribution is -0.121. The second-order valence-electron chi connectivity index (χ2n) is 5.72. The van der Waals surface area contributed by atoms with Crippen molar-refractivity contribution < 1.29 is 9.59 Å². The summed E-state index contributed by atoms with van der Waals surface area (Å²) < 4.78 is 0.988. The first-order valence-corrected chi connectivity index (χ1v) is 8.41. The maximum absolute atomic E-state index is 12.4. The standard InChI is InChI=1S/C19H17BrN2O2/c1-12(14-7-9-15(20)10-8-14)21-18(23)11-22-13(2)16-5-3-4-6-17(16)19(22)24/h3-10,12H,2,11H2,1H3,(H,21,23)/t12-/m0/s1. The lowest BCUT2D eigenvalue weighted by Gasteiger charge is -2.20. The van der Waals surface area contributed by atoms with E-state index < -0.39 is 0 Å². The molecule has 0 saturated carbocycles. The molecule has 1 N–H and O–H groups in total. The molecule has 3 rings (SSSR count). The molecule has 24 heavy (non-hydrogen) atoms. The molecule has 4 nitrogen and oxygen atoms in total. The fraction of sp³-hybridized carbons (Fsp3) is 0.158. The van der Waals surface area contributed by atoms with Gasteiger partial charge in [0.15, 0.2) is 0 Å². The molecule has 0 radical (unpaired) electrons. The molecule has 2 amide bonds. The average Bonchev–Trinajstić information content (AvgIpc) is 2.81. The highest BCUT2D eigenvalue weighted by molar-refractivity contribution is 9.10. The Balaban J connectivity index is 1.66. The van der Waals surface area contributed by atoms with Gasteiger partial charge in [-0.3, -0.25) is 14.5 Å². The number of halogens is 1. The Morgan fingerprint density at radius 3 is 2.42 bits per heavy atom. The minimum atomic E-state index is -0.215. The summed E-state index contributed by atoms with van der Waals surface area (Å²) in [7, 11) is 0. The zero-order chi connectivity index (χ0) is 17.3. The summed E-state index contributed by atoms with van der Waals surface area (Å²) in [5, 5.41) is 2.92. The zero-order valence-electron chi connectivity index (χ0n) is 13.3. The van der Waals surface area contributed by atoms with E-state index in [2.05, 4.69) is 27.8 Å². The number of nitrogens with zero attached hydrogens (tertiary/aromatic N) is 1. The Morgan fingerprint density at radius 2 is 1.79 bits per heavy atom. The third kappa shape index (κ3) is 3.12. The van der Waals surface area contributed by atoms with Crippen LogP contribution in [0.25, 0.3) is 5.70 Å². The third-order valence-electron chi connectivity index (χ3n) is 4.09. The molecule has 1 atom stereocenters. The van der Waals surface area contributed by atoms with Crippen molar-refractivity contribution in [1.29, 1.82) is 0 Å². The van der Waals surface area contributed by atoms with Crippen LogP contribution in [0.1, 0.15) is 34.5 Å². The monoisotopic (exact) mass is 384 g/mol. The van der Waals surface area contributed by atoms with Crippen LogP contribution in [0.3, 0.4) is 0 Å². The highest BCUT2D eigenvalue weighted by atomic mass is 79.9. The summed E-state index contributed by atoms with van der Waals surface area (Å²) in [5.41, 5.74) is 2.95. The van der Waals surface area contributed by atoms with Crippen molar-refractivity contribution in [3.8, 4) is 0 Å². The Labute approximate surface area is 149 Å². The smallest absolute Gasteiger partial charge is 0.259 e. The quantitative estimate of drug-likeness (QED) is 0.872. The molecule has 0 spiro atoms. The van der Waals surface area contributed by atoms with Crippen LogP contribution in [0.5, 0.6) is 0 Å². The van der Waals surface area contributed by atoms with E-state index in [1.54, 1.807) is 6.07 Å². The minimum absolute atomic E-state index is 0.0345. The normalized spacial score (nSPS) is 14.5. The van der Waals surface area contributed by atoms with E-state index >= 15 is 0 Å². The number of hydrogen-bond acceptors (Lipinski definition) is 2. The molecule has 5 heteroatoms. The van der Waals surface area contributed by atoms with E-state index in [1.165, 1.54) is 4.90 Å². The van der Waals surface area contributed by atoms with Gasteiger partial charge in [-0.05, 0) is 30.7 Å². The first kappa shape index (κ1) is 16.5. The van der Waals surface area contributed by atoms with Crippen LogP contribution in [-0.4, -0.2) is 23.3 Å². The van der Waals surface area contributed by atoms with Gasteiger partial charge in [-0.25, -0.2) is 0 Å². The molecule has 0 unspecified atom stereocenters. The van der Waals surface area contributed by atoms with Crippen LogP contribution in [0.2, 0.25) is 0 Å². The van der Waals surface area contributed by atoms with Crippen LogP contribution >= 0.6 is 15.9 Å². The van der Waals surface area contributed by atoms with Crippen LogP contribution in [0.4, 0.5) is 0 Å². The van der Waals surface area contributed by atoms with Gasteiger partial charge in [0.2, 0.25) is 5.91 Å². The van der Waals surface area contributed by atoms with Crippen molar-refractivity contribution in [1.82, 2.24) is 10.2 Å². The number of amides is 2. The average molecular weight is 385 g/mol. The largest absolute Gasteiger partial charge is 0.348 e. The molecule has 2 aromatic carbocycles. The molecule has 0 fully saturated rings. The number of carbonyl (C=O) groups is 2. The van der Waals surface area contributed by atoms with E-state index in [9.17, 15) is 9.59 Å². The lowest BCUT2D eigenvalue weighted by atomic mass is 10.1. The third-order valence-corrected chi connectivity index (χ3v) is 4.62. The van der Waals surface area contributed by atoms with Crippen LogP contribution in [0.15, 0.2) is 59.6 Å². The van der Waals surface area contributed by atoms with E-state index in [0.717, 1.165) is 15.6 Å². The van der Waals surface area contributed by atoms with Crippen molar-refractivity contribution in [3.63, 3.8) is 0 Å². The highest BCUT2D eigenvalue weighted by Crippen LogP contribution is 2.30. The van der Waals surface area contributed by atoms with Crippen molar-refractivity contribution in [2.24, 2.45) is 0 Å². The van der Waals surface area contributed by atoms with Gasteiger partial charge in [-0.1, -0.05) is 52.8 Å². The molecule has 122 valence electrons. The maximum atomic E-state index is 12.4. The predicted octanol–water partition coefficient (Wildman–Crippen LogP) is 3.75. The van der Waals surface area contributed by atoms with E-state index in [0.29, 0.717) is 11.3 Å². The first-order chi connectivity index (χ1) is 11.5. The molecular weight excluding hydrogens is 368 g/mol. The topological polar surface area (TPSA) is 49.4 Å². The molecular formula is C19H17BrN2O2. The summed E-state index contributed by atoms with van der Waals surface area (Å²) in [6.07, 6.45) is 0. The van der Waals surface area contributed by atoms with Gasteiger partial charge < -0.3 is 5.32 Å². The highest BCUT2D eigenvalue weighted by Gasteiger charge is 2.32. The number of nitrogens with one attached hydrogen (secondary N) is 1. The van der Waals surface area contributed by atoms with Gasteiger partial charge in [0.05, 0.1) is 6.04 Å². The fourth-order valence-electron chi connectivity index (χ4n) is 2.77. The number of fused-ring (bicyclic) bond motifs is 1. The molecule has 1 aliphatic heterocycles. The molecule has 0 bridgehead atoms. The molecule has 0 aliphatic carbocycles. The number of carbonyl (C=O) groups excluding carboxylic acids is 2. The van der Waals surface area contributed by atoms with Crippen molar-refractivity contribution in [2.45, 2.75) is 13.0 Å². The molecule has 0 aromatic heterocycles. The van der Waals surface area contributed by atoms with E-state index in [-0.39, 0.29) is 24.4 Å². The summed E-state index contributed by atoms with van der Waals surface area (Å²) in [6.45, 7) is 5.83. The van der Waals surface area contributed by atoms with Gasteiger partial charge in [0.25, 0.3) is 5.91 Å². The first-order valence-electron chi connectivity index (χ1n) is 7.62. The van der Waals surface area contributed by atoms with Crippen molar-refractivity contribution >= 4 is 33.4 Å². The summed E-state index contributed by atoms with van der Waals surface area (Å²) in [6, 6.07) is 14.9. The predicted molar refractivity (Wildman–Crippen MR) is 97.2 cm³/mol. The molecule has 1 heterocycles. The molecule has 1 aliphatic rings. The number of rotatable bonds is 4.